The van der Waals surface area contributed by atoms with E-state index < -0.39 is 28.5 Å². The normalized spacial score (nSPS) is 12.0. The van der Waals surface area contributed by atoms with Gasteiger partial charge in [0.25, 0.3) is 10.0 Å². The molecular weight excluding hydrogens is 546 g/mol. The molecule has 1 N–H and O–H groups in total. The molecule has 218 valence electrons. The molecule has 2 amide bonds. The van der Waals surface area contributed by atoms with Crippen molar-refractivity contribution >= 4 is 27.5 Å². The maximum absolute atomic E-state index is 14.4. The third-order valence-electron chi connectivity index (χ3n) is 6.89. The highest BCUT2D eigenvalue weighted by Gasteiger charge is 2.35. The van der Waals surface area contributed by atoms with Crippen molar-refractivity contribution in [3.05, 3.63) is 132 Å². The molecule has 0 spiro atoms. The van der Waals surface area contributed by atoms with Crippen LogP contribution in [0.25, 0.3) is 0 Å². The van der Waals surface area contributed by atoms with Gasteiger partial charge in [-0.15, -0.1) is 0 Å². The first kappa shape index (κ1) is 30.5. The van der Waals surface area contributed by atoms with E-state index in [0.717, 1.165) is 15.4 Å². The monoisotopic (exact) mass is 583 g/mol. The molecule has 0 aliphatic carbocycles. The van der Waals surface area contributed by atoms with Crippen molar-refractivity contribution in [2.45, 2.75) is 50.7 Å². The minimum Gasteiger partial charge on any atom is -0.352 e. The molecule has 4 rings (SSSR count). The second-order valence-electron chi connectivity index (χ2n) is 10.5. The van der Waals surface area contributed by atoms with Crippen molar-refractivity contribution in [2.75, 3.05) is 10.8 Å². The van der Waals surface area contributed by atoms with E-state index >= 15 is 0 Å². The average Bonchev–Trinajstić information content (AvgIpc) is 2.99. The summed E-state index contributed by atoms with van der Waals surface area (Å²) >= 11 is 0. The molecule has 8 heteroatoms. The number of rotatable bonds is 12. The third kappa shape index (κ3) is 7.64. The van der Waals surface area contributed by atoms with Gasteiger partial charge in [-0.2, -0.15) is 0 Å². The number of carbonyl (C=O) groups excluding carboxylic acids is 2. The molecule has 0 saturated carbocycles. The number of nitrogens with one attached hydrogen (secondary N) is 1. The number of nitrogens with zero attached hydrogens (tertiary/aromatic N) is 2. The smallest absolute Gasteiger partial charge is 0.264 e. The molecule has 4 aromatic rings. The first-order valence-corrected chi connectivity index (χ1v) is 15.4. The Labute approximate surface area is 248 Å². The fourth-order valence-electron chi connectivity index (χ4n) is 4.79. The lowest BCUT2D eigenvalue weighted by atomic mass is 10.0. The van der Waals surface area contributed by atoms with E-state index in [1.807, 2.05) is 93.6 Å². The molecule has 0 aliphatic heterocycles. The SMILES string of the molecule is Cc1ccccc1N(CC(=O)N(Cc1ccccc1)[C@H](Cc1ccccc1)C(=O)NC(C)C)S(=O)(=O)c1ccccc1. The summed E-state index contributed by atoms with van der Waals surface area (Å²) in [6, 6.07) is 33.0. The predicted molar refractivity (Wildman–Crippen MR) is 166 cm³/mol. The fourth-order valence-corrected chi connectivity index (χ4v) is 6.29. The van der Waals surface area contributed by atoms with E-state index in [1.54, 1.807) is 30.3 Å². The van der Waals surface area contributed by atoms with Crippen molar-refractivity contribution in [1.82, 2.24) is 10.2 Å². The molecule has 0 aliphatic rings. The van der Waals surface area contributed by atoms with Crippen molar-refractivity contribution < 1.29 is 18.0 Å². The molecular formula is C34H37N3O4S. The summed E-state index contributed by atoms with van der Waals surface area (Å²) in [6.45, 7) is 5.20. The van der Waals surface area contributed by atoms with Gasteiger partial charge in [0.05, 0.1) is 10.6 Å². The summed E-state index contributed by atoms with van der Waals surface area (Å²) in [5.41, 5.74) is 2.83. The van der Waals surface area contributed by atoms with E-state index in [1.165, 1.54) is 17.0 Å². The molecule has 42 heavy (non-hydrogen) atoms. The first-order valence-electron chi connectivity index (χ1n) is 14.0. The highest BCUT2D eigenvalue weighted by Crippen LogP contribution is 2.27. The number of hydrogen-bond donors (Lipinski definition) is 1. The van der Waals surface area contributed by atoms with Crippen molar-refractivity contribution in [1.29, 1.82) is 0 Å². The molecule has 0 bridgehead atoms. The van der Waals surface area contributed by atoms with Gasteiger partial charge < -0.3 is 10.2 Å². The summed E-state index contributed by atoms with van der Waals surface area (Å²) in [4.78, 5) is 29.7. The number of hydrogen-bond acceptors (Lipinski definition) is 4. The summed E-state index contributed by atoms with van der Waals surface area (Å²) in [5.74, 6) is -0.784. The van der Waals surface area contributed by atoms with Gasteiger partial charge in [0.2, 0.25) is 11.8 Å². The molecule has 0 aromatic heterocycles. The Kier molecular flexibility index (Phi) is 10.1. The van der Waals surface area contributed by atoms with Crippen LogP contribution in [-0.4, -0.2) is 43.8 Å². The Bertz CT molecular complexity index is 1580. The van der Waals surface area contributed by atoms with Crippen LogP contribution in [0.1, 0.15) is 30.5 Å². The Balaban J connectivity index is 1.79. The summed E-state index contributed by atoms with van der Waals surface area (Å²) in [6.07, 6.45) is 0.272. The lowest BCUT2D eigenvalue weighted by molar-refractivity contribution is -0.140. The lowest BCUT2D eigenvalue weighted by Gasteiger charge is -2.34. The van der Waals surface area contributed by atoms with E-state index in [4.69, 9.17) is 0 Å². The standard InChI is InChI=1S/C34H37N3O4S/c1-26(2)35-34(39)32(23-28-16-7-4-8-17-28)36(24-29-18-9-5-10-19-29)33(38)25-37(31-22-14-13-15-27(31)3)42(40,41)30-20-11-6-12-21-30/h4-22,26,32H,23-25H2,1-3H3,(H,35,39)/t32-/m1/s1. The van der Waals surface area contributed by atoms with Gasteiger partial charge >= 0.3 is 0 Å². The summed E-state index contributed by atoms with van der Waals surface area (Å²) in [5, 5.41) is 2.97. The minimum absolute atomic E-state index is 0.0778. The molecule has 4 aromatic carbocycles. The molecule has 1 atom stereocenters. The van der Waals surface area contributed by atoms with Gasteiger partial charge in [0, 0.05) is 19.0 Å². The van der Waals surface area contributed by atoms with Gasteiger partial charge in [-0.1, -0.05) is 97.1 Å². The van der Waals surface area contributed by atoms with Gasteiger partial charge in [-0.3, -0.25) is 13.9 Å². The van der Waals surface area contributed by atoms with Crippen LogP contribution in [0.15, 0.2) is 120 Å². The first-order chi connectivity index (χ1) is 20.2. The van der Waals surface area contributed by atoms with Crippen LogP contribution in [0.2, 0.25) is 0 Å². The molecule has 7 nitrogen and oxygen atoms in total. The van der Waals surface area contributed by atoms with Gasteiger partial charge in [-0.25, -0.2) is 8.42 Å². The average molecular weight is 584 g/mol. The van der Waals surface area contributed by atoms with Gasteiger partial charge in [0.15, 0.2) is 0 Å². The zero-order chi connectivity index (χ0) is 30.1. The Morgan fingerprint density at radius 2 is 1.26 bits per heavy atom. The van der Waals surface area contributed by atoms with Crippen LogP contribution in [0.4, 0.5) is 5.69 Å². The van der Waals surface area contributed by atoms with Crippen LogP contribution in [-0.2, 0) is 32.6 Å². The number of anilines is 1. The van der Waals surface area contributed by atoms with E-state index in [2.05, 4.69) is 5.32 Å². The molecule has 0 saturated heterocycles. The highest BCUT2D eigenvalue weighted by molar-refractivity contribution is 7.92. The number of aryl methyl sites for hydroxylation is 1. The largest absolute Gasteiger partial charge is 0.352 e. The molecule has 0 unspecified atom stereocenters. The molecule has 0 radical (unpaired) electrons. The fraction of sp³-hybridized carbons (Fsp3) is 0.235. The van der Waals surface area contributed by atoms with Gasteiger partial charge in [-0.05, 0) is 55.7 Å². The zero-order valence-electron chi connectivity index (χ0n) is 24.2. The van der Waals surface area contributed by atoms with E-state index in [9.17, 15) is 18.0 Å². The Morgan fingerprint density at radius 1 is 0.738 bits per heavy atom. The number of benzene rings is 4. The summed E-state index contributed by atoms with van der Waals surface area (Å²) < 4.78 is 29.2. The minimum atomic E-state index is -4.12. The zero-order valence-corrected chi connectivity index (χ0v) is 25.0. The maximum Gasteiger partial charge on any atom is 0.264 e. The van der Waals surface area contributed by atoms with E-state index in [0.29, 0.717) is 11.3 Å². The quantitative estimate of drug-likeness (QED) is 0.244. The van der Waals surface area contributed by atoms with Crippen LogP contribution in [0.5, 0.6) is 0 Å². The van der Waals surface area contributed by atoms with E-state index in [-0.39, 0.29) is 29.8 Å². The molecule has 0 fully saturated rings. The van der Waals surface area contributed by atoms with Crippen LogP contribution in [0, 0.1) is 6.92 Å². The lowest BCUT2D eigenvalue weighted by Crippen LogP contribution is -2.54. The number of para-hydroxylation sites is 1. The number of amides is 2. The van der Waals surface area contributed by atoms with Crippen molar-refractivity contribution in [3.8, 4) is 0 Å². The maximum atomic E-state index is 14.4. The topological polar surface area (TPSA) is 86.8 Å². The summed E-state index contributed by atoms with van der Waals surface area (Å²) in [7, 11) is -4.12. The Morgan fingerprint density at radius 3 is 1.83 bits per heavy atom. The Hall–Kier alpha value is -4.43. The van der Waals surface area contributed by atoms with Crippen LogP contribution < -0.4 is 9.62 Å². The molecule has 0 heterocycles. The third-order valence-corrected chi connectivity index (χ3v) is 8.67. The highest BCUT2D eigenvalue weighted by atomic mass is 32.2. The predicted octanol–water partition coefficient (Wildman–Crippen LogP) is 5.36. The van der Waals surface area contributed by atoms with Crippen LogP contribution in [0.3, 0.4) is 0 Å². The van der Waals surface area contributed by atoms with Crippen LogP contribution >= 0.6 is 0 Å². The second kappa shape index (κ2) is 14.0. The number of carbonyl (C=O) groups is 2. The van der Waals surface area contributed by atoms with Gasteiger partial charge in [0.1, 0.15) is 12.6 Å². The van der Waals surface area contributed by atoms with Crippen molar-refractivity contribution in [3.63, 3.8) is 0 Å². The number of sulfonamides is 1. The van der Waals surface area contributed by atoms with Crippen molar-refractivity contribution in [2.24, 2.45) is 0 Å². The second-order valence-corrected chi connectivity index (χ2v) is 12.3.